The molecule has 2 atom stereocenters. The average Bonchev–Trinajstić information content (AvgIpc) is 3.02. The Hall–Kier alpha value is -2.91. The van der Waals surface area contributed by atoms with Gasteiger partial charge < -0.3 is 9.80 Å². The maximum atomic E-state index is 13.2. The van der Waals surface area contributed by atoms with Gasteiger partial charge in [-0.1, -0.05) is 78.9 Å². The summed E-state index contributed by atoms with van der Waals surface area (Å²) < 4.78 is 1.10. The van der Waals surface area contributed by atoms with Crippen LogP contribution in [0.15, 0.2) is 91.0 Å². The molecule has 2 unspecified atom stereocenters. The van der Waals surface area contributed by atoms with Crippen LogP contribution in [-0.2, 0) is 5.41 Å². The van der Waals surface area contributed by atoms with E-state index in [1.165, 1.54) is 43.2 Å². The average molecular weight is 454 g/mol. The highest BCUT2D eigenvalue weighted by atomic mass is 16.1. The molecule has 3 aromatic carbocycles. The maximum Gasteiger partial charge on any atom is 0.251 e. The van der Waals surface area contributed by atoms with Gasteiger partial charge in [0.25, 0.3) is 5.91 Å². The molecule has 1 amide bonds. The number of nitrogens with one attached hydrogen (secondary N) is 1. The molecule has 2 heterocycles. The van der Waals surface area contributed by atoms with Crippen LogP contribution < -0.4 is 5.32 Å². The minimum Gasteiger partial charge on any atom is -0.351 e. The summed E-state index contributed by atoms with van der Waals surface area (Å²) in [6.45, 7) is 0.584. The van der Waals surface area contributed by atoms with E-state index in [9.17, 15) is 4.79 Å². The lowest BCUT2D eigenvalue weighted by Gasteiger charge is -2.54. The van der Waals surface area contributed by atoms with Gasteiger partial charge >= 0.3 is 0 Å². The van der Waals surface area contributed by atoms with Crippen LogP contribution in [0, 0.1) is 0 Å². The van der Waals surface area contributed by atoms with Gasteiger partial charge in [-0.15, -0.1) is 0 Å². The number of benzene rings is 3. The zero-order valence-electron chi connectivity index (χ0n) is 20.5. The molecule has 0 radical (unpaired) electrons. The molecule has 34 heavy (non-hydrogen) atoms. The van der Waals surface area contributed by atoms with Crippen LogP contribution in [-0.4, -0.2) is 42.6 Å². The van der Waals surface area contributed by atoms with Crippen molar-refractivity contribution in [3.05, 3.63) is 108 Å². The number of rotatable bonds is 7. The second-order valence-electron chi connectivity index (χ2n) is 10.9. The van der Waals surface area contributed by atoms with Crippen molar-refractivity contribution in [1.29, 1.82) is 0 Å². The lowest BCUT2D eigenvalue weighted by atomic mass is 9.64. The van der Waals surface area contributed by atoms with E-state index in [1.807, 2.05) is 30.3 Å². The van der Waals surface area contributed by atoms with Gasteiger partial charge in [-0.2, -0.15) is 0 Å². The fourth-order valence-electron chi connectivity index (χ4n) is 7.00. The second-order valence-corrected chi connectivity index (χ2v) is 10.9. The highest BCUT2D eigenvalue weighted by Gasteiger charge is 2.60. The van der Waals surface area contributed by atoms with E-state index in [1.54, 1.807) is 0 Å². The SMILES string of the molecule is C[N+]1(C)C2CCCC1(CC(CNC(=O)c1ccccc1)(c1ccccc1)c1ccccc1)CC2. The van der Waals surface area contributed by atoms with Crippen LogP contribution in [0.25, 0.3) is 0 Å². The molecule has 2 fully saturated rings. The Morgan fingerprint density at radius 1 is 0.853 bits per heavy atom. The fourth-order valence-corrected chi connectivity index (χ4v) is 7.00. The van der Waals surface area contributed by atoms with Crippen molar-refractivity contribution in [2.75, 3.05) is 20.6 Å². The van der Waals surface area contributed by atoms with Crippen LogP contribution in [0.3, 0.4) is 0 Å². The summed E-state index contributed by atoms with van der Waals surface area (Å²) in [6.07, 6.45) is 7.50. The van der Waals surface area contributed by atoms with Crippen molar-refractivity contribution in [2.45, 2.75) is 55.5 Å². The van der Waals surface area contributed by atoms with E-state index in [4.69, 9.17) is 0 Å². The predicted molar refractivity (Wildman–Crippen MR) is 139 cm³/mol. The van der Waals surface area contributed by atoms with Gasteiger partial charge in [0.05, 0.1) is 20.1 Å². The summed E-state index contributed by atoms with van der Waals surface area (Å²) in [5.41, 5.74) is 3.21. The minimum absolute atomic E-state index is 0.00368. The third-order valence-electron chi connectivity index (χ3n) is 9.13. The van der Waals surface area contributed by atoms with E-state index in [2.05, 4.69) is 80.1 Å². The van der Waals surface area contributed by atoms with Gasteiger partial charge in [0.15, 0.2) is 0 Å². The molecule has 176 valence electrons. The van der Waals surface area contributed by atoms with Crippen LogP contribution in [0.5, 0.6) is 0 Å². The molecule has 3 aromatic rings. The van der Waals surface area contributed by atoms with Crippen LogP contribution in [0.4, 0.5) is 0 Å². The van der Waals surface area contributed by atoms with Gasteiger partial charge in [-0.3, -0.25) is 4.79 Å². The molecular formula is C31H37N2O+. The number of amides is 1. The Balaban J connectivity index is 1.60. The standard InChI is InChI=1S/C31H36N2O/c1-33(2)28-19-12-21-30(33,22-20-28)23-31(26-15-8-4-9-16-26,27-17-10-5-11-18-27)24-32-29(34)25-13-6-3-7-14-25/h3-11,13-18,28H,12,19-24H2,1-2H3/p+1. The van der Waals surface area contributed by atoms with Crippen molar-refractivity contribution in [2.24, 2.45) is 0 Å². The van der Waals surface area contributed by atoms with E-state index in [0.717, 1.165) is 16.9 Å². The molecule has 3 heteroatoms. The van der Waals surface area contributed by atoms with Gasteiger partial charge in [0, 0.05) is 43.2 Å². The molecule has 0 spiro atoms. The van der Waals surface area contributed by atoms with Gasteiger partial charge in [0.1, 0.15) is 5.54 Å². The molecule has 5 rings (SSSR count). The van der Waals surface area contributed by atoms with Crippen LogP contribution in [0.1, 0.15) is 60.0 Å². The van der Waals surface area contributed by atoms with Crippen molar-refractivity contribution in [3.63, 3.8) is 0 Å². The molecule has 0 aliphatic carbocycles. The number of fused-ring (bicyclic) bond motifs is 2. The highest BCUT2D eigenvalue weighted by molar-refractivity contribution is 5.94. The Labute approximate surface area is 204 Å². The summed E-state index contributed by atoms with van der Waals surface area (Å²) in [7, 11) is 4.92. The molecule has 2 aliphatic rings. The van der Waals surface area contributed by atoms with E-state index in [-0.39, 0.29) is 16.9 Å². The number of piperidine rings is 1. The van der Waals surface area contributed by atoms with Crippen molar-refractivity contribution in [3.8, 4) is 0 Å². The first kappa shape index (κ1) is 22.9. The number of quaternary nitrogens is 1. The molecule has 0 saturated carbocycles. The first-order valence-electron chi connectivity index (χ1n) is 12.8. The fraction of sp³-hybridized carbons (Fsp3) is 0.387. The first-order chi connectivity index (χ1) is 16.5. The van der Waals surface area contributed by atoms with Crippen molar-refractivity contribution in [1.82, 2.24) is 5.32 Å². The monoisotopic (exact) mass is 453 g/mol. The number of nitrogens with zero attached hydrogens (tertiary/aromatic N) is 1. The van der Waals surface area contributed by atoms with Crippen LogP contribution in [0.2, 0.25) is 0 Å². The molecule has 2 bridgehead atoms. The highest BCUT2D eigenvalue weighted by Crippen LogP contribution is 2.54. The summed E-state index contributed by atoms with van der Waals surface area (Å²) in [5, 5.41) is 3.36. The predicted octanol–water partition coefficient (Wildman–Crippen LogP) is 5.95. The summed E-state index contributed by atoms with van der Waals surface area (Å²) in [5.74, 6) is -0.00368. The van der Waals surface area contributed by atoms with Crippen LogP contribution >= 0.6 is 0 Å². The third-order valence-corrected chi connectivity index (χ3v) is 9.13. The van der Waals surface area contributed by atoms with Crippen molar-refractivity contribution >= 4 is 5.91 Å². The van der Waals surface area contributed by atoms with E-state index >= 15 is 0 Å². The Morgan fingerprint density at radius 3 is 2.00 bits per heavy atom. The summed E-state index contributed by atoms with van der Waals surface area (Å²) in [4.78, 5) is 13.2. The Bertz CT molecular complexity index is 1070. The number of hydrogen-bond donors (Lipinski definition) is 1. The largest absolute Gasteiger partial charge is 0.351 e. The number of carbonyl (C=O) groups excluding carboxylic acids is 1. The first-order valence-corrected chi connectivity index (χ1v) is 12.8. The third kappa shape index (κ3) is 3.86. The zero-order chi connectivity index (χ0) is 23.7. The van der Waals surface area contributed by atoms with E-state index < -0.39 is 0 Å². The Morgan fingerprint density at radius 2 is 1.41 bits per heavy atom. The summed E-state index contributed by atoms with van der Waals surface area (Å²) >= 11 is 0. The maximum absolute atomic E-state index is 13.2. The number of carbonyl (C=O) groups is 1. The topological polar surface area (TPSA) is 29.1 Å². The smallest absolute Gasteiger partial charge is 0.251 e. The Kier molecular flexibility index (Phi) is 6.07. The quantitative estimate of drug-likeness (QED) is 0.440. The van der Waals surface area contributed by atoms with Gasteiger partial charge in [-0.25, -0.2) is 0 Å². The van der Waals surface area contributed by atoms with Gasteiger partial charge in [0.2, 0.25) is 0 Å². The molecule has 0 aromatic heterocycles. The molecule has 2 aliphatic heterocycles. The van der Waals surface area contributed by atoms with E-state index in [0.29, 0.717) is 12.1 Å². The molecule has 2 saturated heterocycles. The zero-order valence-corrected chi connectivity index (χ0v) is 20.5. The molecule has 1 N–H and O–H groups in total. The van der Waals surface area contributed by atoms with Gasteiger partial charge in [-0.05, 0) is 36.1 Å². The molecule has 3 nitrogen and oxygen atoms in total. The lowest BCUT2D eigenvalue weighted by molar-refractivity contribution is -0.956. The number of hydrogen-bond acceptors (Lipinski definition) is 1. The van der Waals surface area contributed by atoms with Crippen molar-refractivity contribution < 1.29 is 9.28 Å². The molecular weight excluding hydrogens is 416 g/mol. The second kappa shape index (κ2) is 9.03. The normalized spacial score (nSPS) is 23.4. The summed E-state index contributed by atoms with van der Waals surface area (Å²) in [6, 6.07) is 32.1. The minimum atomic E-state index is -0.297. The lowest BCUT2D eigenvalue weighted by Crippen LogP contribution is -2.64.